The Morgan fingerprint density at radius 2 is 1.81 bits per heavy atom. The predicted octanol–water partition coefficient (Wildman–Crippen LogP) is 5.60. The Kier molecular flexibility index (Phi) is 8.93. The molecule has 1 aromatic heterocycles. The number of hydrogen-bond donors (Lipinski definition) is 1. The summed E-state index contributed by atoms with van der Waals surface area (Å²) < 4.78 is 25.1. The van der Waals surface area contributed by atoms with Crippen molar-refractivity contribution in [1.29, 1.82) is 0 Å². The summed E-state index contributed by atoms with van der Waals surface area (Å²) in [7, 11) is 3.37. The Labute approximate surface area is 214 Å². The number of aromatic nitrogens is 2. The Morgan fingerprint density at radius 3 is 2.50 bits per heavy atom. The lowest BCUT2D eigenvalue weighted by Gasteiger charge is -2.13. The zero-order valence-electron chi connectivity index (χ0n) is 20.2. The number of halogens is 2. The minimum atomic E-state index is -0.865. The van der Waals surface area contributed by atoms with E-state index in [1.54, 1.807) is 32.0 Å². The number of carboxylic acid groups (broad SMARTS) is 1. The van der Waals surface area contributed by atoms with Gasteiger partial charge in [-0.3, -0.25) is 9.69 Å². The fourth-order valence-electron chi connectivity index (χ4n) is 3.98. The smallest absolute Gasteiger partial charge is 0.317 e. The molecular weight excluding hydrogens is 485 g/mol. The molecule has 0 aliphatic carbocycles. The van der Waals surface area contributed by atoms with E-state index in [1.165, 1.54) is 6.07 Å². The molecule has 0 aliphatic heterocycles. The standard InChI is InChI=1S/C27H26FN3O4.ClH/c1-17-22(5-4-6-24(17)28)23-12-11-20(13-21(23)16-34-3)27-29-26(30-35-27)19-9-7-18(8-10-19)14-31(2)15-25(32)33;/h4-13H,14-16H2,1-3H3,(H,32,33);1H. The molecular formula is C27H27ClFN3O4. The number of ether oxygens (including phenoxy) is 1. The number of likely N-dealkylation sites (N-methyl/N-ethyl adjacent to an activating group) is 1. The van der Waals surface area contributed by atoms with E-state index in [1.807, 2.05) is 48.5 Å². The largest absolute Gasteiger partial charge is 0.480 e. The molecule has 1 heterocycles. The van der Waals surface area contributed by atoms with Gasteiger partial charge in [0.15, 0.2) is 0 Å². The van der Waals surface area contributed by atoms with Crippen LogP contribution in [0.4, 0.5) is 4.39 Å². The van der Waals surface area contributed by atoms with Crippen molar-refractivity contribution in [1.82, 2.24) is 15.0 Å². The van der Waals surface area contributed by atoms with Crippen LogP contribution in [0, 0.1) is 12.7 Å². The highest BCUT2D eigenvalue weighted by Crippen LogP contribution is 2.32. The molecule has 9 heteroatoms. The summed E-state index contributed by atoms with van der Waals surface area (Å²) in [6.07, 6.45) is 0. The van der Waals surface area contributed by atoms with Gasteiger partial charge in [-0.1, -0.05) is 47.6 Å². The lowest BCUT2D eigenvalue weighted by atomic mass is 9.94. The highest BCUT2D eigenvalue weighted by atomic mass is 35.5. The first-order valence-electron chi connectivity index (χ1n) is 11.1. The molecule has 0 saturated heterocycles. The Bertz CT molecular complexity index is 1340. The monoisotopic (exact) mass is 511 g/mol. The van der Waals surface area contributed by atoms with Gasteiger partial charge < -0.3 is 14.4 Å². The molecule has 4 aromatic rings. The van der Waals surface area contributed by atoms with Crippen LogP contribution in [0.5, 0.6) is 0 Å². The molecule has 0 saturated carbocycles. The van der Waals surface area contributed by atoms with Crippen LogP contribution in [0.15, 0.2) is 65.2 Å². The van der Waals surface area contributed by atoms with Gasteiger partial charge in [0.1, 0.15) is 5.82 Å². The Balaban J connectivity index is 0.00000361. The molecule has 0 spiro atoms. The summed E-state index contributed by atoms with van der Waals surface area (Å²) in [5.41, 5.74) is 5.66. The van der Waals surface area contributed by atoms with Gasteiger partial charge >= 0.3 is 5.97 Å². The Morgan fingerprint density at radius 1 is 1.08 bits per heavy atom. The molecule has 0 bridgehead atoms. The zero-order valence-corrected chi connectivity index (χ0v) is 21.0. The van der Waals surface area contributed by atoms with Crippen LogP contribution >= 0.6 is 12.4 Å². The lowest BCUT2D eigenvalue weighted by molar-refractivity contribution is -0.138. The van der Waals surface area contributed by atoms with Crippen molar-refractivity contribution < 1.29 is 23.6 Å². The predicted molar refractivity (Wildman–Crippen MR) is 137 cm³/mol. The second-order valence-electron chi connectivity index (χ2n) is 8.40. The zero-order chi connectivity index (χ0) is 24.9. The molecule has 0 unspecified atom stereocenters. The second-order valence-corrected chi connectivity index (χ2v) is 8.40. The second kappa shape index (κ2) is 11.9. The van der Waals surface area contributed by atoms with E-state index < -0.39 is 5.97 Å². The molecule has 3 aromatic carbocycles. The molecule has 1 N–H and O–H groups in total. The van der Waals surface area contributed by atoms with Gasteiger partial charge in [0, 0.05) is 24.8 Å². The minimum absolute atomic E-state index is 0. The molecule has 0 amide bonds. The van der Waals surface area contributed by atoms with Crippen LogP contribution in [0.25, 0.3) is 34.0 Å². The van der Waals surface area contributed by atoms with E-state index in [-0.39, 0.29) is 24.8 Å². The summed E-state index contributed by atoms with van der Waals surface area (Å²) >= 11 is 0. The van der Waals surface area contributed by atoms with Gasteiger partial charge in [-0.2, -0.15) is 4.98 Å². The van der Waals surface area contributed by atoms with E-state index in [0.717, 1.165) is 33.4 Å². The fraction of sp³-hybridized carbons (Fsp3) is 0.222. The lowest BCUT2D eigenvalue weighted by Crippen LogP contribution is -2.25. The highest BCUT2D eigenvalue weighted by molar-refractivity contribution is 5.85. The van der Waals surface area contributed by atoms with Crippen LogP contribution in [-0.2, 0) is 22.7 Å². The molecule has 0 aliphatic rings. The third-order valence-electron chi connectivity index (χ3n) is 5.71. The minimum Gasteiger partial charge on any atom is -0.480 e. The van der Waals surface area contributed by atoms with Gasteiger partial charge in [0.25, 0.3) is 5.89 Å². The summed E-state index contributed by atoms with van der Waals surface area (Å²) in [6.45, 7) is 2.59. The van der Waals surface area contributed by atoms with E-state index >= 15 is 0 Å². The van der Waals surface area contributed by atoms with Crippen molar-refractivity contribution in [3.63, 3.8) is 0 Å². The highest BCUT2D eigenvalue weighted by Gasteiger charge is 2.16. The molecule has 0 atom stereocenters. The summed E-state index contributed by atoms with van der Waals surface area (Å²) in [5.74, 6) is -0.304. The molecule has 4 rings (SSSR count). The number of nitrogens with zero attached hydrogens (tertiary/aromatic N) is 3. The first kappa shape index (κ1) is 27.0. The normalized spacial score (nSPS) is 10.9. The van der Waals surface area contributed by atoms with Crippen molar-refractivity contribution in [2.75, 3.05) is 20.7 Å². The van der Waals surface area contributed by atoms with Gasteiger partial charge in [-0.05, 0) is 60.0 Å². The number of methoxy groups -OCH3 is 1. The van der Waals surface area contributed by atoms with Gasteiger partial charge in [0.05, 0.1) is 13.2 Å². The number of aliphatic carboxylic acids is 1. The molecule has 0 fully saturated rings. The van der Waals surface area contributed by atoms with E-state index in [9.17, 15) is 9.18 Å². The van der Waals surface area contributed by atoms with Crippen LogP contribution in [-0.4, -0.2) is 46.8 Å². The summed E-state index contributed by atoms with van der Waals surface area (Å²) in [4.78, 5) is 17.1. The van der Waals surface area contributed by atoms with Crippen molar-refractivity contribution in [3.05, 3.63) is 83.2 Å². The van der Waals surface area contributed by atoms with Crippen molar-refractivity contribution in [3.8, 4) is 34.0 Å². The van der Waals surface area contributed by atoms with E-state index in [0.29, 0.717) is 30.4 Å². The Hall–Kier alpha value is -3.59. The van der Waals surface area contributed by atoms with Crippen LogP contribution in [0.1, 0.15) is 16.7 Å². The quantitative estimate of drug-likeness (QED) is 0.313. The molecule has 188 valence electrons. The first-order valence-corrected chi connectivity index (χ1v) is 11.1. The summed E-state index contributed by atoms with van der Waals surface area (Å²) in [6, 6.07) is 18.3. The topological polar surface area (TPSA) is 88.7 Å². The average Bonchev–Trinajstić information content (AvgIpc) is 3.32. The molecule has 36 heavy (non-hydrogen) atoms. The maximum Gasteiger partial charge on any atom is 0.317 e. The maximum atomic E-state index is 14.1. The SMILES string of the molecule is COCc1cc(-c2nc(-c3ccc(CN(C)CC(=O)O)cc3)no2)ccc1-c1cccc(F)c1C.Cl. The molecule has 7 nitrogen and oxygen atoms in total. The first-order chi connectivity index (χ1) is 16.9. The number of carboxylic acids is 1. The van der Waals surface area contributed by atoms with Crippen LogP contribution in [0.3, 0.4) is 0 Å². The number of carbonyl (C=O) groups is 1. The van der Waals surface area contributed by atoms with Crippen LogP contribution in [0.2, 0.25) is 0 Å². The van der Waals surface area contributed by atoms with Crippen molar-refractivity contribution >= 4 is 18.4 Å². The third-order valence-corrected chi connectivity index (χ3v) is 5.71. The van der Waals surface area contributed by atoms with Crippen molar-refractivity contribution in [2.24, 2.45) is 0 Å². The van der Waals surface area contributed by atoms with E-state index in [2.05, 4.69) is 10.1 Å². The molecule has 0 radical (unpaired) electrons. The number of rotatable bonds is 9. The maximum absolute atomic E-state index is 14.1. The van der Waals surface area contributed by atoms with Crippen LogP contribution < -0.4 is 0 Å². The number of hydrogen-bond acceptors (Lipinski definition) is 6. The van der Waals surface area contributed by atoms with Gasteiger partial charge in [-0.15, -0.1) is 12.4 Å². The number of benzene rings is 3. The average molecular weight is 512 g/mol. The van der Waals surface area contributed by atoms with E-state index in [4.69, 9.17) is 14.4 Å². The van der Waals surface area contributed by atoms with Gasteiger partial charge in [0.2, 0.25) is 5.82 Å². The van der Waals surface area contributed by atoms with Gasteiger partial charge in [-0.25, -0.2) is 4.39 Å². The fourth-order valence-corrected chi connectivity index (χ4v) is 3.98. The third kappa shape index (κ3) is 6.15. The van der Waals surface area contributed by atoms with Crippen molar-refractivity contribution in [2.45, 2.75) is 20.1 Å². The summed E-state index contributed by atoms with van der Waals surface area (Å²) in [5, 5.41) is 13.0.